The van der Waals surface area contributed by atoms with E-state index >= 15 is 0 Å². The minimum atomic E-state index is -4.72. The predicted octanol–water partition coefficient (Wildman–Crippen LogP) is 4.62. The van der Waals surface area contributed by atoms with Gasteiger partial charge in [-0.05, 0) is 32.1 Å². The van der Waals surface area contributed by atoms with Crippen molar-refractivity contribution in [3.8, 4) is 0 Å². The largest absolute Gasteiger partial charge is 0.469 e. The molecule has 0 saturated carbocycles. The Morgan fingerprint density at radius 3 is 2.10 bits per heavy atom. The van der Waals surface area contributed by atoms with Crippen LogP contribution in [0, 0.1) is 5.41 Å². The maximum atomic E-state index is 12.1. The summed E-state index contributed by atoms with van der Waals surface area (Å²) in [6.07, 6.45) is 16.6. The fourth-order valence-corrected chi connectivity index (χ4v) is 4.80. The molecule has 228 valence electrons. The minimum absolute atomic E-state index is 0.00870. The molecule has 10 nitrogen and oxygen atoms in total. The number of phosphoric acid groups is 1. The lowest BCUT2D eigenvalue weighted by Gasteiger charge is -2.29. The molecule has 0 rings (SSSR count). The van der Waals surface area contributed by atoms with E-state index in [2.05, 4.69) is 34.2 Å². The Kier molecular flexibility index (Phi) is 21.7. The van der Waals surface area contributed by atoms with Gasteiger partial charge in [-0.2, -0.15) is 0 Å². The first-order valence-electron chi connectivity index (χ1n) is 14.1. The maximum absolute atomic E-state index is 12.1. The highest BCUT2D eigenvalue weighted by Gasteiger charge is 2.35. The van der Waals surface area contributed by atoms with Crippen LogP contribution in [0.15, 0.2) is 12.2 Å². The number of carbonyl (C=O) groups excluding carboxylic acids is 3. The number of phosphoric ester groups is 1. The van der Waals surface area contributed by atoms with Crippen LogP contribution in [-0.4, -0.2) is 63.4 Å². The summed E-state index contributed by atoms with van der Waals surface area (Å²) >= 11 is 1.21. The van der Waals surface area contributed by atoms with Crippen LogP contribution in [0.1, 0.15) is 104 Å². The summed E-state index contributed by atoms with van der Waals surface area (Å²) < 4.78 is 15.2. The summed E-state index contributed by atoms with van der Waals surface area (Å²) in [4.78, 5) is 53.6. The molecule has 1 atom stereocenters. The number of thioether (sulfide) groups is 1. The highest BCUT2D eigenvalue weighted by atomic mass is 32.2. The topological polar surface area (TPSA) is 162 Å². The number of nitrogens with one attached hydrogen (secondary N) is 2. The van der Waals surface area contributed by atoms with E-state index < -0.39 is 31.9 Å². The maximum Gasteiger partial charge on any atom is 0.469 e. The third kappa shape index (κ3) is 23.2. The summed E-state index contributed by atoms with van der Waals surface area (Å²) in [5, 5.41) is 15.4. The Morgan fingerprint density at radius 2 is 1.49 bits per heavy atom. The Morgan fingerprint density at radius 1 is 0.897 bits per heavy atom. The highest BCUT2D eigenvalue weighted by molar-refractivity contribution is 8.13. The average molecular weight is 595 g/mol. The van der Waals surface area contributed by atoms with Gasteiger partial charge < -0.3 is 25.5 Å². The molecule has 0 spiro atoms. The van der Waals surface area contributed by atoms with Crippen LogP contribution < -0.4 is 10.6 Å². The zero-order chi connectivity index (χ0) is 29.6. The van der Waals surface area contributed by atoms with E-state index in [1.807, 2.05) is 0 Å². The van der Waals surface area contributed by atoms with E-state index in [4.69, 9.17) is 9.79 Å². The van der Waals surface area contributed by atoms with Crippen LogP contribution in [-0.2, 0) is 23.5 Å². The SMILES string of the molecule is CCCCCC/C=C\CCCCCCCC(=O)SCCNC(=O)CCNC(=O)[C@@H](O)C(C)(C)COP(=O)(O)O. The molecule has 0 aromatic carbocycles. The van der Waals surface area contributed by atoms with Gasteiger partial charge in [0, 0.05) is 37.1 Å². The van der Waals surface area contributed by atoms with Gasteiger partial charge in [0.1, 0.15) is 6.10 Å². The first-order chi connectivity index (χ1) is 18.4. The summed E-state index contributed by atoms with van der Waals surface area (Å²) in [5.41, 5.74) is -1.25. The van der Waals surface area contributed by atoms with Gasteiger partial charge in [0.15, 0.2) is 5.12 Å². The number of hydrogen-bond acceptors (Lipinski definition) is 7. The first-order valence-corrected chi connectivity index (χ1v) is 16.6. The summed E-state index contributed by atoms with van der Waals surface area (Å²) in [5.74, 6) is -0.588. The number of aliphatic hydroxyl groups is 1. The molecule has 0 radical (unpaired) electrons. The van der Waals surface area contributed by atoms with Crippen LogP contribution in [0.2, 0.25) is 0 Å². The van der Waals surface area contributed by atoms with E-state index in [9.17, 15) is 24.1 Å². The Hall–Kier alpha value is -1.23. The summed E-state index contributed by atoms with van der Waals surface area (Å²) in [7, 11) is -4.72. The number of rotatable bonds is 24. The van der Waals surface area contributed by atoms with E-state index in [0.717, 1.165) is 25.7 Å². The molecule has 0 heterocycles. The quantitative estimate of drug-likeness (QED) is 0.0610. The van der Waals surface area contributed by atoms with Crippen molar-refractivity contribution in [3.63, 3.8) is 0 Å². The van der Waals surface area contributed by atoms with Crippen molar-refractivity contribution < 1.29 is 38.4 Å². The van der Waals surface area contributed by atoms with Crippen molar-refractivity contribution in [1.29, 1.82) is 0 Å². The van der Waals surface area contributed by atoms with Crippen molar-refractivity contribution in [2.75, 3.05) is 25.4 Å². The van der Waals surface area contributed by atoms with Crippen molar-refractivity contribution in [2.45, 2.75) is 110 Å². The van der Waals surface area contributed by atoms with E-state index in [-0.39, 0.29) is 24.0 Å². The first kappa shape index (κ1) is 37.8. The zero-order valence-electron chi connectivity index (χ0n) is 24.0. The van der Waals surface area contributed by atoms with Crippen molar-refractivity contribution in [1.82, 2.24) is 10.6 Å². The molecule has 2 amide bonds. The third-order valence-electron chi connectivity index (χ3n) is 6.07. The van der Waals surface area contributed by atoms with E-state index in [1.54, 1.807) is 0 Å². The third-order valence-corrected chi connectivity index (χ3v) is 7.47. The fraction of sp³-hybridized carbons (Fsp3) is 0.815. The van der Waals surface area contributed by atoms with Crippen molar-refractivity contribution in [2.24, 2.45) is 5.41 Å². The highest BCUT2D eigenvalue weighted by Crippen LogP contribution is 2.38. The van der Waals surface area contributed by atoms with E-state index in [0.29, 0.717) is 18.7 Å². The number of aliphatic hydroxyl groups excluding tert-OH is 1. The lowest BCUT2D eigenvalue weighted by molar-refractivity contribution is -0.137. The van der Waals surface area contributed by atoms with Gasteiger partial charge >= 0.3 is 7.82 Å². The van der Waals surface area contributed by atoms with Gasteiger partial charge in [-0.25, -0.2) is 4.57 Å². The fourth-order valence-electron chi connectivity index (χ4n) is 3.58. The second-order valence-electron chi connectivity index (χ2n) is 10.4. The lowest BCUT2D eigenvalue weighted by atomic mass is 9.87. The Labute approximate surface area is 238 Å². The molecule has 0 saturated heterocycles. The van der Waals surface area contributed by atoms with Gasteiger partial charge in [-0.15, -0.1) is 0 Å². The van der Waals surface area contributed by atoms with Crippen LogP contribution in [0.25, 0.3) is 0 Å². The number of hydrogen-bond donors (Lipinski definition) is 5. The number of amides is 2. The molecular weight excluding hydrogens is 543 g/mol. The molecule has 0 aromatic rings. The van der Waals surface area contributed by atoms with Crippen molar-refractivity contribution >= 4 is 36.5 Å². The molecular formula is C27H51N2O8PS. The average Bonchev–Trinajstić information content (AvgIpc) is 2.87. The molecule has 39 heavy (non-hydrogen) atoms. The van der Waals surface area contributed by atoms with E-state index in [1.165, 1.54) is 70.6 Å². The smallest absolute Gasteiger partial charge is 0.383 e. The summed E-state index contributed by atoms with van der Waals surface area (Å²) in [6.45, 7) is 4.87. The molecule has 12 heteroatoms. The molecule has 0 aromatic heterocycles. The molecule has 0 fully saturated rings. The molecule has 0 aliphatic carbocycles. The number of carbonyl (C=O) groups is 3. The molecule has 0 unspecified atom stereocenters. The van der Waals surface area contributed by atoms with Crippen LogP contribution in [0.5, 0.6) is 0 Å². The second-order valence-corrected chi connectivity index (χ2v) is 12.8. The van der Waals surface area contributed by atoms with Crippen molar-refractivity contribution in [3.05, 3.63) is 12.2 Å². The summed E-state index contributed by atoms with van der Waals surface area (Å²) in [6, 6.07) is 0. The number of unbranched alkanes of at least 4 members (excludes halogenated alkanes) is 9. The van der Waals surface area contributed by atoms with Crippen LogP contribution in [0.3, 0.4) is 0 Å². The lowest BCUT2D eigenvalue weighted by Crippen LogP contribution is -2.46. The van der Waals surface area contributed by atoms with Gasteiger partial charge in [0.2, 0.25) is 11.8 Å². The predicted molar refractivity (Wildman–Crippen MR) is 156 cm³/mol. The van der Waals surface area contributed by atoms with Gasteiger partial charge in [0.05, 0.1) is 6.61 Å². The Balaban J connectivity index is 3.74. The van der Waals surface area contributed by atoms with Crippen LogP contribution in [0.4, 0.5) is 0 Å². The van der Waals surface area contributed by atoms with Crippen LogP contribution >= 0.6 is 19.6 Å². The minimum Gasteiger partial charge on any atom is -0.383 e. The molecule has 5 N–H and O–H groups in total. The monoisotopic (exact) mass is 594 g/mol. The van der Waals surface area contributed by atoms with Gasteiger partial charge in [-0.3, -0.25) is 18.9 Å². The Bertz CT molecular complexity index is 773. The van der Waals surface area contributed by atoms with Gasteiger partial charge in [0.25, 0.3) is 0 Å². The molecule has 0 aliphatic heterocycles. The molecule has 0 aliphatic rings. The van der Waals surface area contributed by atoms with Gasteiger partial charge in [-0.1, -0.05) is 83.2 Å². The standard InChI is InChI=1S/C27H51N2O8PS/c1-4-5-6-7-8-9-10-11-12-13-14-15-16-17-24(31)39-21-20-28-23(30)18-19-29-26(33)25(32)27(2,3)22-37-38(34,35)36/h9-10,25,32H,4-8,11-22H2,1-3H3,(H,28,30)(H,29,33)(H2,34,35,36)/b10-9-/t25-/m1/s1. The molecule has 0 bridgehead atoms. The normalized spacial score (nSPS) is 13.0. The second kappa shape index (κ2) is 22.5. The number of allylic oxidation sites excluding steroid dienone is 2. The zero-order valence-corrected chi connectivity index (χ0v) is 25.7.